The molecule has 0 radical (unpaired) electrons. The Hall–Kier alpha value is -2.03. The quantitative estimate of drug-likeness (QED) is 0.881. The van der Waals surface area contributed by atoms with Gasteiger partial charge in [-0.15, -0.1) is 0 Å². The summed E-state index contributed by atoms with van der Waals surface area (Å²) in [7, 11) is 0. The van der Waals surface area contributed by atoms with Crippen LogP contribution in [-0.4, -0.2) is 11.1 Å². The molecule has 0 fully saturated rings. The van der Waals surface area contributed by atoms with Crippen molar-refractivity contribution in [2.45, 2.75) is 25.7 Å². The maximum absolute atomic E-state index is 10.9. The molecule has 0 saturated heterocycles. The highest BCUT2D eigenvalue weighted by molar-refractivity contribution is 5.75. The average molecular weight is 244 g/mol. The number of carboxylic acid groups (broad SMARTS) is 1. The normalized spacial score (nSPS) is 15.9. The van der Waals surface area contributed by atoms with Crippen LogP contribution in [0.1, 0.15) is 31.2 Å². The van der Waals surface area contributed by atoms with Crippen LogP contribution >= 0.6 is 0 Å². The lowest BCUT2D eigenvalue weighted by molar-refractivity contribution is -0.138. The van der Waals surface area contributed by atoms with Gasteiger partial charge in [-0.1, -0.05) is 18.2 Å². The standard InChI is InChI=1S/C15H16O3/c1-11(15(16)17)12-6-5-9-14(10-12)18-13-7-3-2-4-8-13/h3,5-11H,2,4H2,1H3,(H,16,17). The zero-order valence-electron chi connectivity index (χ0n) is 10.3. The van der Waals surface area contributed by atoms with E-state index in [0.717, 1.165) is 24.2 Å². The van der Waals surface area contributed by atoms with Crippen LogP contribution in [0, 0.1) is 0 Å². The van der Waals surface area contributed by atoms with Gasteiger partial charge in [0.15, 0.2) is 0 Å². The van der Waals surface area contributed by atoms with Crippen molar-refractivity contribution >= 4 is 5.97 Å². The lowest BCUT2D eigenvalue weighted by Crippen LogP contribution is -2.07. The van der Waals surface area contributed by atoms with Crippen LogP contribution in [-0.2, 0) is 4.79 Å². The number of allylic oxidation sites excluding steroid dienone is 3. The monoisotopic (exact) mass is 244 g/mol. The van der Waals surface area contributed by atoms with Gasteiger partial charge in [0.2, 0.25) is 0 Å². The Balaban J connectivity index is 2.14. The summed E-state index contributed by atoms with van der Waals surface area (Å²) in [5.74, 6) is 0.146. The van der Waals surface area contributed by atoms with E-state index in [-0.39, 0.29) is 0 Å². The lowest BCUT2D eigenvalue weighted by Gasteiger charge is -2.12. The van der Waals surface area contributed by atoms with Crippen LogP contribution < -0.4 is 4.74 Å². The van der Waals surface area contributed by atoms with Crippen molar-refractivity contribution in [3.05, 3.63) is 53.8 Å². The molecule has 0 amide bonds. The molecule has 0 aliphatic heterocycles. The molecule has 0 saturated carbocycles. The zero-order chi connectivity index (χ0) is 13.0. The fourth-order valence-corrected chi connectivity index (χ4v) is 1.79. The zero-order valence-corrected chi connectivity index (χ0v) is 10.3. The van der Waals surface area contributed by atoms with Crippen molar-refractivity contribution in [1.29, 1.82) is 0 Å². The summed E-state index contributed by atoms with van der Waals surface area (Å²) in [6.07, 6.45) is 8.07. The van der Waals surface area contributed by atoms with Crippen LogP contribution in [0.2, 0.25) is 0 Å². The summed E-state index contributed by atoms with van der Waals surface area (Å²) < 4.78 is 5.71. The van der Waals surface area contributed by atoms with Gasteiger partial charge in [-0.05, 0) is 49.6 Å². The van der Waals surface area contributed by atoms with Gasteiger partial charge in [0.1, 0.15) is 11.5 Å². The topological polar surface area (TPSA) is 46.5 Å². The predicted molar refractivity (Wildman–Crippen MR) is 69.6 cm³/mol. The molecule has 0 aromatic heterocycles. The minimum atomic E-state index is -0.830. The van der Waals surface area contributed by atoms with Crippen LogP contribution in [0.3, 0.4) is 0 Å². The SMILES string of the molecule is CC(C(=O)O)c1cccc(OC2=CCCC=C2)c1. The van der Waals surface area contributed by atoms with Crippen LogP contribution in [0.5, 0.6) is 5.75 Å². The third kappa shape index (κ3) is 3.00. The second-order valence-electron chi connectivity index (χ2n) is 4.32. The first-order valence-corrected chi connectivity index (χ1v) is 6.04. The molecular weight excluding hydrogens is 228 g/mol. The largest absolute Gasteiger partial charge is 0.481 e. The Morgan fingerprint density at radius 2 is 2.22 bits per heavy atom. The second-order valence-corrected chi connectivity index (χ2v) is 4.32. The number of rotatable bonds is 4. The first-order valence-electron chi connectivity index (χ1n) is 6.04. The number of carboxylic acids is 1. The van der Waals surface area contributed by atoms with Crippen molar-refractivity contribution in [2.24, 2.45) is 0 Å². The van der Waals surface area contributed by atoms with Crippen molar-refractivity contribution in [2.75, 3.05) is 0 Å². The van der Waals surface area contributed by atoms with E-state index >= 15 is 0 Å². The maximum atomic E-state index is 10.9. The summed E-state index contributed by atoms with van der Waals surface area (Å²) in [6.45, 7) is 1.67. The Labute approximate surface area is 106 Å². The second kappa shape index (κ2) is 5.54. The van der Waals surface area contributed by atoms with Gasteiger partial charge >= 0.3 is 5.97 Å². The van der Waals surface area contributed by atoms with Gasteiger partial charge in [-0.3, -0.25) is 4.79 Å². The highest BCUT2D eigenvalue weighted by Gasteiger charge is 2.14. The molecule has 1 atom stereocenters. The van der Waals surface area contributed by atoms with E-state index < -0.39 is 11.9 Å². The predicted octanol–water partition coefficient (Wildman–Crippen LogP) is 3.49. The van der Waals surface area contributed by atoms with Crippen LogP contribution in [0.15, 0.2) is 48.3 Å². The minimum absolute atomic E-state index is 0.524. The fraction of sp³-hybridized carbons (Fsp3) is 0.267. The number of hydrogen-bond donors (Lipinski definition) is 1. The average Bonchev–Trinajstić information content (AvgIpc) is 2.39. The van der Waals surface area contributed by atoms with E-state index in [0.29, 0.717) is 5.75 Å². The molecule has 1 aromatic rings. The molecule has 2 rings (SSSR count). The molecule has 0 heterocycles. The maximum Gasteiger partial charge on any atom is 0.310 e. The Kier molecular flexibility index (Phi) is 3.82. The lowest BCUT2D eigenvalue weighted by atomic mass is 10.0. The summed E-state index contributed by atoms with van der Waals surface area (Å²) in [5.41, 5.74) is 0.750. The summed E-state index contributed by atoms with van der Waals surface area (Å²) >= 11 is 0. The number of aliphatic carboxylic acids is 1. The molecule has 1 aromatic carbocycles. The molecular formula is C15H16O3. The van der Waals surface area contributed by atoms with Gasteiger partial charge in [0, 0.05) is 0 Å². The van der Waals surface area contributed by atoms with Crippen molar-refractivity contribution in [3.63, 3.8) is 0 Å². The molecule has 94 valence electrons. The molecule has 18 heavy (non-hydrogen) atoms. The number of benzene rings is 1. The van der Waals surface area contributed by atoms with E-state index in [4.69, 9.17) is 9.84 Å². The van der Waals surface area contributed by atoms with Gasteiger partial charge in [0.25, 0.3) is 0 Å². The molecule has 1 aliphatic rings. The van der Waals surface area contributed by atoms with E-state index in [1.807, 2.05) is 24.3 Å². The number of ether oxygens (including phenoxy) is 1. The third-order valence-corrected chi connectivity index (χ3v) is 2.93. The fourth-order valence-electron chi connectivity index (χ4n) is 1.79. The number of hydrogen-bond acceptors (Lipinski definition) is 2. The highest BCUT2D eigenvalue weighted by atomic mass is 16.5. The Morgan fingerprint density at radius 1 is 1.39 bits per heavy atom. The molecule has 0 bridgehead atoms. The molecule has 3 nitrogen and oxygen atoms in total. The van der Waals surface area contributed by atoms with E-state index in [9.17, 15) is 4.79 Å². The van der Waals surface area contributed by atoms with Gasteiger partial charge in [-0.25, -0.2) is 0 Å². The van der Waals surface area contributed by atoms with E-state index in [1.165, 1.54) is 0 Å². The highest BCUT2D eigenvalue weighted by Crippen LogP contribution is 2.23. The molecule has 1 aliphatic carbocycles. The van der Waals surface area contributed by atoms with Gasteiger partial charge < -0.3 is 9.84 Å². The van der Waals surface area contributed by atoms with Crippen molar-refractivity contribution in [1.82, 2.24) is 0 Å². The molecule has 1 unspecified atom stereocenters. The summed E-state index contributed by atoms with van der Waals surface area (Å²) in [5, 5.41) is 8.98. The third-order valence-electron chi connectivity index (χ3n) is 2.93. The Morgan fingerprint density at radius 3 is 2.89 bits per heavy atom. The first-order chi connectivity index (χ1) is 8.66. The molecule has 3 heteroatoms. The first kappa shape index (κ1) is 12.4. The smallest absolute Gasteiger partial charge is 0.310 e. The van der Waals surface area contributed by atoms with Gasteiger partial charge in [0.05, 0.1) is 5.92 Å². The minimum Gasteiger partial charge on any atom is -0.481 e. The number of carbonyl (C=O) groups is 1. The molecule has 1 N–H and O–H groups in total. The van der Waals surface area contributed by atoms with E-state index in [1.54, 1.807) is 19.1 Å². The Bertz CT molecular complexity index is 500. The van der Waals surface area contributed by atoms with Crippen molar-refractivity contribution in [3.8, 4) is 5.75 Å². The van der Waals surface area contributed by atoms with Crippen molar-refractivity contribution < 1.29 is 14.6 Å². The molecule has 0 spiro atoms. The van der Waals surface area contributed by atoms with E-state index in [2.05, 4.69) is 6.08 Å². The van der Waals surface area contributed by atoms with Gasteiger partial charge in [-0.2, -0.15) is 0 Å². The van der Waals surface area contributed by atoms with Crippen LogP contribution in [0.4, 0.5) is 0 Å². The van der Waals surface area contributed by atoms with Crippen LogP contribution in [0.25, 0.3) is 0 Å². The summed E-state index contributed by atoms with van der Waals surface area (Å²) in [6, 6.07) is 7.23. The summed E-state index contributed by atoms with van der Waals surface area (Å²) in [4.78, 5) is 10.9.